The maximum Gasteiger partial charge on any atom is 0.326 e. The van der Waals surface area contributed by atoms with E-state index in [1.165, 1.54) is 0 Å². The summed E-state index contributed by atoms with van der Waals surface area (Å²) in [5.74, 6) is -0.953. The lowest BCUT2D eigenvalue weighted by molar-refractivity contribution is -0.146. The zero-order valence-corrected chi connectivity index (χ0v) is 20.2. The zero-order chi connectivity index (χ0) is 25.0. The first kappa shape index (κ1) is 26.0. The average molecular weight is 476 g/mol. The summed E-state index contributed by atoms with van der Waals surface area (Å²) in [4.78, 5) is 24.8. The van der Waals surface area contributed by atoms with Crippen LogP contribution in [0.3, 0.4) is 0 Å². The molecule has 1 amide bonds. The molecule has 6 nitrogen and oxygen atoms in total. The molecule has 0 saturated carbocycles. The van der Waals surface area contributed by atoms with E-state index in [0.29, 0.717) is 19.4 Å². The molecule has 0 heterocycles. The minimum Gasteiger partial charge on any atom is -0.489 e. The lowest BCUT2D eigenvalue weighted by Gasteiger charge is -2.24. The quantitative estimate of drug-likeness (QED) is 0.363. The molecule has 0 spiro atoms. The molecule has 0 aliphatic carbocycles. The van der Waals surface area contributed by atoms with Gasteiger partial charge in [-0.3, -0.25) is 4.79 Å². The van der Waals surface area contributed by atoms with Gasteiger partial charge >= 0.3 is 5.97 Å². The number of rotatable bonds is 13. The van der Waals surface area contributed by atoms with Crippen LogP contribution < -0.4 is 10.1 Å². The van der Waals surface area contributed by atoms with Gasteiger partial charge in [0.05, 0.1) is 6.61 Å². The van der Waals surface area contributed by atoms with Gasteiger partial charge < -0.3 is 19.9 Å². The molecule has 0 aliphatic rings. The summed E-state index contributed by atoms with van der Waals surface area (Å²) in [6.07, 6.45) is 0.110. The highest BCUT2D eigenvalue weighted by Gasteiger charge is 2.29. The number of carbonyl (C=O) groups is 2. The molecule has 6 heteroatoms. The van der Waals surface area contributed by atoms with Crippen molar-refractivity contribution in [2.45, 2.75) is 52.0 Å². The van der Waals surface area contributed by atoms with Gasteiger partial charge in [-0.2, -0.15) is 0 Å². The van der Waals surface area contributed by atoms with Gasteiger partial charge in [-0.25, -0.2) is 4.79 Å². The Morgan fingerprint density at radius 3 is 1.94 bits per heavy atom. The molecule has 0 aromatic heterocycles. The molecule has 0 radical (unpaired) electrons. The van der Waals surface area contributed by atoms with Crippen molar-refractivity contribution < 1.29 is 24.2 Å². The molecule has 3 rings (SSSR count). The number of hydrogen-bond acceptors (Lipinski definition) is 4. The average Bonchev–Trinajstić information content (AvgIpc) is 2.89. The predicted octanol–water partition coefficient (Wildman–Crippen LogP) is 5.01. The van der Waals surface area contributed by atoms with Crippen LogP contribution in [0, 0.1) is 5.92 Å². The van der Waals surface area contributed by atoms with Gasteiger partial charge in [-0.05, 0) is 34.7 Å². The Morgan fingerprint density at radius 1 is 0.829 bits per heavy atom. The molecular formula is C29H33NO5. The summed E-state index contributed by atoms with van der Waals surface area (Å²) in [6, 6.07) is 26.1. The fourth-order valence-corrected chi connectivity index (χ4v) is 3.60. The third kappa shape index (κ3) is 8.26. The Kier molecular flexibility index (Phi) is 9.87. The van der Waals surface area contributed by atoms with E-state index >= 15 is 0 Å². The Bertz CT molecular complexity index is 1050. The van der Waals surface area contributed by atoms with E-state index < -0.39 is 24.0 Å². The van der Waals surface area contributed by atoms with Crippen LogP contribution in [0.25, 0.3) is 0 Å². The van der Waals surface area contributed by atoms with E-state index in [1.807, 2.05) is 98.8 Å². The van der Waals surface area contributed by atoms with Gasteiger partial charge in [0.1, 0.15) is 24.5 Å². The summed E-state index contributed by atoms with van der Waals surface area (Å²) in [5, 5.41) is 12.3. The number of nitrogens with one attached hydrogen (secondary N) is 1. The molecule has 3 atom stereocenters. The summed E-state index contributed by atoms with van der Waals surface area (Å²) >= 11 is 0. The summed E-state index contributed by atoms with van der Waals surface area (Å²) in [6.45, 7) is 4.43. The fraction of sp³-hybridized carbons (Fsp3) is 0.310. The summed E-state index contributed by atoms with van der Waals surface area (Å²) in [5.41, 5.74) is 2.91. The van der Waals surface area contributed by atoms with Gasteiger partial charge in [0.2, 0.25) is 5.91 Å². The standard InChI is InChI=1S/C29H33NO5/c1-3-21(2)27(29(32)33)30-28(31)26(35-20-24-12-8-5-9-13-24)18-22-14-16-25(17-15-22)34-19-23-10-6-4-7-11-23/h4-17,21,26-27H,3,18-20H2,1-2H3,(H,30,31)(H,32,33)/t21-,26+,27+/m0/s1. The highest BCUT2D eigenvalue weighted by Crippen LogP contribution is 2.17. The highest BCUT2D eigenvalue weighted by molar-refractivity contribution is 5.86. The van der Waals surface area contributed by atoms with Crippen molar-refractivity contribution in [3.05, 3.63) is 102 Å². The molecule has 3 aromatic carbocycles. The van der Waals surface area contributed by atoms with Crippen LogP contribution in [0.5, 0.6) is 5.75 Å². The number of carboxylic acids is 1. The maximum absolute atomic E-state index is 13.1. The predicted molar refractivity (Wildman–Crippen MR) is 135 cm³/mol. The second kappa shape index (κ2) is 13.3. The molecule has 3 aromatic rings. The topological polar surface area (TPSA) is 84.9 Å². The number of carboxylic acid groups (broad SMARTS) is 1. The molecule has 35 heavy (non-hydrogen) atoms. The number of aliphatic carboxylic acids is 1. The Labute approximate surface area is 206 Å². The maximum atomic E-state index is 13.1. The van der Waals surface area contributed by atoms with Gasteiger partial charge in [-0.15, -0.1) is 0 Å². The molecule has 0 aliphatic heterocycles. The normalized spacial score (nSPS) is 13.4. The van der Waals surface area contributed by atoms with Gasteiger partial charge in [0.15, 0.2) is 0 Å². The molecule has 0 saturated heterocycles. The van der Waals surface area contributed by atoms with Crippen LogP contribution in [0.2, 0.25) is 0 Å². The van der Waals surface area contributed by atoms with Gasteiger partial charge in [0, 0.05) is 6.42 Å². The number of benzene rings is 3. The van der Waals surface area contributed by atoms with Crippen LogP contribution in [0.4, 0.5) is 0 Å². The minimum absolute atomic E-state index is 0.202. The third-order valence-electron chi connectivity index (χ3n) is 5.96. The molecule has 2 N–H and O–H groups in total. The van der Waals surface area contributed by atoms with E-state index in [2.05, 4.69) is 5.32 Å². The fourth-order valence-electron chi connectivity index (χ4n) is 3.60. The zero-order valence-electron chi connectivity index (χ0n) is 20.2. The first-order chi connectivity index (χ1) is 17.0. The van der Waals surface area contributed by atoms with E-state index in [4.69, 9.17) is 9.47 Å². The van der Waals surface area contributed by atoms with Crippen LogP contribution in [0.15, 0.2) is 84.9 Å². The van der Waals surface area contributed by atoms with Crippen molar-refractivity contribution in [1.82, 2.24) is 5.32 Å². The SMILES string of the molecule is CC[C@H](C)[C@@H](NC(=O)[C@@H](Cc1ccc(OCc2ccccc2)cc1)OCc1ccccc1)C(=O)O. The first-order valence-corrected chi connectivity index (χ1v) is 11.9. The van der Waals surface area contributed by atoms with Crippen molar-refractivity contribution >= 4 is 11.9 Å². The largest absolute Gasteiger partial charge is 0.489 e. The lowest BCUT2D eigenvalue weighted by atomic mass is 9.98. The second-order valence-corrected chi connectivity index (χ2v) is 8.62. The van der Waals surface area contributed by atoms with Crippen molar-refractivity contribution in [1.29, 1.82) is 0 Å². The van der Waals surface area contributed by atoms with E-state index in [9.17, 15) is 14.7 Å². The Hall–Kier alpha value is -3.64. The molecular weight excluding hydrogens is 442 g/mol. The number of carbonyl (C=O) groups excluding carboxylic acids is 1. The van der Waals surface area contributed by atoms with Crippen molar-refractivity contribution in [3.8, 4) is 5.75 Å². The molecule has 0 bridgehead atoms. The summed E-state index contributed by atoms with van der Waals surface area (Å²) < 4.78 is 11.8. The summed E-state index contributed by atoms with van der Waals surface area (Å²) in [7, 11) is 0. The number of hydrogen-bond donors (Lipinski definition) is 2. The van der Waals surface area contributed by atoms with Gasteiger partial charge in [-0.1, -0.05) is 93.1 Å². The number of ether oxygens (including phenoxy) is 2. The molecule has 184 valence electrons. The van der Waals surface area contributed by atoms with Gasteiger partial charge in [0.25, 0.3) is 0 Å². The molecule has 0 fully saturated rings. The monoisotopic (exact) mass is 475 g/mol. The van der Waals surface area contributed by atoms with Crippen LogP contribution in [0.1, 0.15) is 37.0 Å². The van der Waals surface area contributed by atoms with Crippen LogP contribution in [-0.2, 0) is 34.0 Å². The van der Waals surface area contributed by atoms with Crippen molar-refractivity contribution in [3.63, 3.8) is 0 Å². The van der Waals surface area contributed by atoms with E-state index in [0.717, 1.165) is 22.4 Å². The first-order valence-electron chi connectivity index (χ1n) is 11.9. The van der Waals surface area contributed by atoms with Crippen LogP contribution >= 0.6 is 0 Å². The minimum atomic E-state index is -1.05. The van der Waals surface area contributed by atoms with Crippen molar-refractivity contribution in [2.24, 2.45) is 5.92 Å². The lowest BCUT2D eigenvalue weighted by Crippen LogP contribution is -2.49. The number of amides is 1. The Morgan fingerprint density at radius 2 is 1.40 bits per heavy atom. The Balaban J connectivity index is 1.67. The van der Waals surface area contributed by atoms with Crippen molar-refractivity contribution in [2.75, 3.05) is 0 Å². The third-order valence-corrected chi connectivity index (χ3v) is 5.96. The smallest absolute Gasteiger partial charge is 0.326 e. The van der Waals surface area contributed by atoms with E-state index in [-0.39, 0.29) is 12.5 Å². The molecule has 0 unspecified atom stereocenters. The van der Waals surface area contributed by atoms with Crippen LogP contribution in [-0.4, -0.2) is 29.1 Å². The highest BCUT2D eigenvalue weighted by atomic mass is 16.5. The van der Waals surface area contributed by atoms with E-state index in [1.54, 1.807) is 0 Å². The second-order valence-electron chi connectivity index (χ2n) is 8.62.